The molecule has 4 rings (SSSR count). The fourth-order valence-corrected chi connectivity index (χ4v) is 5.03. The summed E-state index contributed by atoms with van der Waals surface area (Å²) in [5, 5.41) is 23.4. The molecule has 0 unspecified atom stereocenters. The number of aryl methyl sites for hydroxylation is 2. The Morgan fingerprint density at radius 1 is 1.20 bits per heavy atom. The molecule has 0 aliphatic heterocycles. The van der Waals surface area contributed by atoms with Gasteiger partial charge in [-0.25, -0.2) is 0 Å². The van der Waals surface area contributed by atoms with Gasteiger partial charge in [0.2, 0.25) is 0 Å². The van der Waals surface area contributed by atoms with Gasteiger partial charge in [0.05, 0.1) is 11.3 Å². The molecule has 0 atom stereocenters. The van der Waals surface area contributed by atoms with Crippen molar-refractivity contribution < 1.29 is 14.7 Å². The number of hydrogen-bond donors (Lipinski definition) is 4. The summed E-state index contributed by atoms with van der Waals surface area (Å²) in [5.41, 5.74) is 3.86. The summed E-state index contributed by atoms with van der Waals surface area (Å²) in [6.07, 6.45) is 3.94. The van der Waals surface area contributed by atoms with Gasteiger partial charge in [-0.1, -0.05) is 6.07 Å². The molecule has 30 heavy (non-hydrogen) atoms. The first-order valence-corrected chi connectivity index (χ1v) is 10.9. The Hall–Kier alpha value is -3.13. The predicted molar refractivity (Wildman–Crippen MR) is 117 cm³/mol. The third-order valence-corrected chi connectivity index (χ3v) is 6.42. The number of amides is 2. The van der Waals surface area contributed by atoms with Crippen LogP contribution in [-0.4, -0.2) is 33.7 Å². The van der Waals surface area contributed by atoms with Crippen molar-refractivity contribution in [3.8, 4) is 17.0 Å². The SMILES string of the molecule is CCNC(=O)c1c(NC(=O)c2cc(-c3ccc(C)cc3O)n[nH]2)sc2c1CCCC2. The smallest absolute Gasteiger partial charge is 0.274 e. The molecule has 3 aromatic rings. The molecule has 1 aliphatic rings. The molecule has 2 amide bonds. The number of phenolic OH excluding ortho intramolecular Hbond substituents is 1. The highest BCUT2D eigenvalue weighted by atomic mass is 32.1. The number of anilines is 1. The summed E-state index contributed by atoms with van der Waals surface area (Å²) in [7, 11) is 0. The lowest BCUT2D eigenvalue weighted by Gasteiger charge is -2.12. The zero-order chi connectivity index (χ0) is 21.3. The zero-order valence-electron chi connectivity index (χ0n) is 17.0. The number of aromatic nitrogens is 2. The van der Waals surface area contributed by atoms with Crippen molar-refractivity contribution in [3.05, 3.63) is 51.5 Å². The monoisotopic (exact) mass is 424 g/mol. The minimum absolute atomic E-state index is 0.109. The second kappa shape index (κ2) is 8.31. The number of aromatic hydroxyl groups is 1. The molecule has 7 nitrogen and oxygen atoms in total. The topological polar surface area (TPSA) is 107 Å². The summed E-state index contributed by atoms with van der Waals surface area (Å²) in [6.45, 7) is 4.29. The number of aromatic amines is 1. The van der Waals surface area contributed by atoms with Crippen molar-refractivity contribution in [1.29, 1.82) is 0 Å². The van der Waals surface area contributed by atoms with Crippen molar-refractivity contribution in [1.82, 2.24) is 15.5 Å². The van der Waals surface area contributed by atoms with E-state index >= 15 is 0 Å². The van der Waals surface area contributed by atoms with Gasteiger partial charge in [0, 0.05) is 17.0 Å². The van der Waals surface area contributed by atoms with E-state index in [9.17, 15) is 14.7 Å². The molecule has 0 radical (unpaired) electrons. The number of carbonyl (C=O) groups excluding carboxylic acids is 2. The number of nitrogens with one attached hydrogen (secondary N) is 3. The average molecular weight is 425 g/mol. The molecule has 0 saturated carbocycles. The van der Waals surface area contributed by atoms with Crippen LogP contribution in [0.1, 0.15) is 56.6 Å². The van der Waals surface area contributed by atoms with Gasteiger partial charge in [-0.05, 0) is 68.9 Å². The standard InChI is InChI=1S/C22H24N4O3S/c1-3-23-21(29)19-14-6-4-5-7-18(14)30-22(19)24-20(28)16-11-15(25-26-16)13-9-8-12(2)10-17(13)27/h8-11,27H,3-7H2,1-2H3,(H,23,29)(H,24,28)(H,25,26). The Labute approximate surface area is 178 Å². The lowest BCUT2D eigenvalue weighted by Crippen LogP contribution is -2.25. The normalized spacial score (nSPS) is 13.0. The van der Waals surface area contributed by atoms with Crippen molar-refractivity contribution in [2.24, 2.45) is 0 Å². The van der Waals surface area contributed by atoms with Gasteiger partial charge < -0.3 is 15.7 Å². The molecule has 2 heterocycles. The van der Waals surface area contributed by atoms with E-state index in [2.05, 4.69) is 20.8 Å². The molecule has 0 spiro atoms. The van der Waals surface area contributed by atoms with Crippen molar-refractivity contribution in [2.45, 2.75) is 39.5 Å². The number of benzene rings is 1. The van der Waals surface area contributed by atoms with Crippen molar-refractivity contribution >= 4 is 28.2 Å². The maximum absolute atomic E-state index is 12.9. The zero-order valence-corrected chi connectivity index (χ0v) is 17.8. The molecule has 156 valence electrons. The highest BCUT2D eigenvalue weighted by Gasteiger charge is 2.26. The van der Waals surface area contributed by atoms with Gasteiger partial charge in [0.15, 0.2) is 0 Å². The second-order valence-electron chi connectivity index (χ2n) is 7.42. The van der Waals surface area contributed by atoms with Crippen LogP contribution in [0.15, 0.2) is 24.3 Å². The number of phenols is 1. The van der Waals surface area contributed by atoms with Crippen LogP contribution in [0.3, 0.4) is 0 Å². The van der Waals surface area contributed by atoms with Gasteiger partial charge in [0.25, 0.3) is 11.8 Å². The third-order valence-electron chi connectivity index (χ3n) is 5.21. The molecule has 0 bridgehead atoms. The van der Waals surface area contributed by atoms with Crippen LogP contribution in [-0.2, 0) is 12.8 Å². The molecule has 1 aliphatic carbocycles. The summed E-state index contributed by atoms with van der Waals surface area (Å²) < 4.78 is 0. The highest BCUT2D eigenvalue weighted by molar-refractivity contribution is 7.17. The Balaban J connectivity index is 1.61. The lowest BCUT2D eigenvalue weighted by molar-refractivity contribution is 0.0956. The number of hydrogen-bond acceptors (Lipinski definition) is 5. The molecule has 1 aromatic carbocycles. The summed E-state index contributed by atoms with van der Waals surface area (Å²) >= 11 is 1.48. The van der Waals surface area contributed by atoms with Crippen molar-refractivity contribution in [2.75, 3.05) is 11.9 Å². The number of nitrogens with zero attached hydrogens (tertiary/aromatic N) is 1. The third kappa shape index (κ3) is 3.82. The molecular weight excluding hydrogens is 400 g/mol. The molecule has 4 N–H and O–H groups in total. The molecule has 0 fully saturated rings. The molecular formula is C22H24N4O3S. The summed E-state index contributed by atoms with van der Waals surface area (Å²) in [5.74, 6) is -0.413. The Morgan fingerprint density at radius 2 is 2.00 bits per heavy atom. The first-order valence-electron chi connectivity index (χ1n) is 10.1. The Bertz CT molecular complexity index is 1120. The van der Waals surface area contributed by atoms with Crippen LogP contribution in [0.25, 0.3) is 11.3 Å². The van der Waals surface area contributed by atoms with E-state index in [1.807, 2.05) is 19.9 Å². The van der Waals surface area contributed by atoms with Crippen LogP contribution in [0, 0.1) is 6.92 Å². The number of fused-ring (bicyclic) bond motifs is 1. The van der Waals surface area contributed by atoms with E-state index in [4.69, 9.17) is 0 Å². The van der Waals surface area contributed by atoms with E-state index in [1.165, 1.54) is 16.2 Å². The molecule has 8 heteroatoms. The fourth-order valence-electron chi connectivity index (χ4n) is 3.75. The number of rotatable bonds is 5. The number of carbonyl (C=O) groups is 2. The van der Waals surface area contributed by atoms with Gasteiger partial charge in [-0.3, -0.25) is 14.7 Å². The van der Waals surface area contributed by atoms with E-state index in [-0.39, 0.29) is 23.3 Å². The predicted octanol–water partition coefficient (Wildman–Crippen LogP) is 4.03. The van der Waals surface area contributed by atoms with Gasteiger partial charge in [-0.2, -0.15) is 5.10 Å². The number of thiophene rings is 1. The summed E-state index contributed by atoms with van der Waals surface area (Å²) in [6, 6.07) is 6.89. The minimum atomic E-state index is -0.371. The first kappa shape index (κ1) is 20.2. The highest BCUT2D eigenvalue weighted by Crippen LogP contribution is 2.38. The fraction of sp³-hybridized carbons (Fsp3) is 0.318. The van der Waals surface area contributed by atoms with Crippen LogP contribution in [0.5, 0.6) is 5.75 Å². The van der Waals surface area contributed by atoms with E-state index in [0.29, 0.717) is 28.4 Å². The molecule has 0 saturated heterocycles. The number of H-pyrrole nitrogens is 1. The van der Waals surface area contributed by atoms with Gasteiger partial charge in [-0.15, -0.1) is 11.3 Å². The van der Waals surface area contributed by atoms with Gasteiger partial charge in [0.1, 0.15) is 16.4 Å². The maximum atomic E-state index is 12.9. The second-order valence-corrected chi connectivity index (χ2v) is 8.52. The quantitative estimate of drug-likeness (QED) is 0.496. The summed E-state index contributed by atoms with van der Waals surface area (Å²) in [4.78, 5) is 26.7. The Morgan fingerprint density at radius 3 is 2.77 bits per heavy atom. The van der Waals surface area contributed by atoms with E-state index < -0.39 is 0 Å². The van der Waals surface area contributed by atoms with E-state index in [1.54, 1.807) is 18.2 Å². The van der Waals surface area contributed by atoms with E-state index in [0.717, 1.165) is 36.8 Å². The minimum Gasteiger partial charge on any atom is -0.507 e. The van der Waals surface area contributed by atoms with Crippen LogP contribution in [0.2, 0.25) is 0 Å². The lowest BCUT2D eigenvalue weighted by atomic mass is 9.95. The Kier molecular flexibility index (Phi) is 5.59. The maximum Gasteiger partial charge on any atom is 0.274 e. The average Bonchev–Trinajstić information content (AvgIpc) is 3.33. The van der Waals surface area contributed by atoms with Gasteiger partial charge >= 0.3 is 0 Å². The van der Waals surface area contributed by atoms with Crippen LogP contribution in [0.4, 0.5) is 5.00 Å². The van der Waals surface area contributed by atoms with Crippen LogP contribution < -0.4 is 10.6 Å². The van der Waals surface area contributed by atoms with Crippen molar-refractivity contribution in [3.63, 3.8) is 0 Å². The molecule has 2 aromatic heterocycles. The van der Waals surface area contributed by atoms with Crippen LogP contribution >= 0.6 is 11.3 Å². The largest absolute Gasteiger partial charge is 0.507 e. The first-order chi connectivity index (χ1) is 14.5.